The Kier molecular flexibility index (Phi) is 6.78. The van der Waals surface area contributed by atoms with Gasteiger partial charge in [0.2, 0.25) is 0 Å². The molecule has 4 nitrogen and oxygen atoms in total. The maximum Gasteiger partial charge on any atom is 0.254 e. The topological polar surface area (TPSA) is 49.8 Å². The van der Waals surface area contributed by atoms with E-state index in [4.69, 9.17) is 9.84 Å². The molecule has 0 fully saturated rings. The smallest absolute Gasteiger partial charge is 0.254 e. The summed E-state index contributed by atoms with van der Waals surface area (Å²) in [4.78, 5) is 14.0. The summed E-state index contributed by atoms with van der Waals surface area (Å²) in [7, 11) is 1.74. The van der Waals surface area contributed by atoms with Crippen molar-refractivity contribution in [2.24, 2.45) is 0 Å². The summed E-state index contributed by atoms with van der Waals surface area (Å²) in [5.41, 5.74) is 1.17. The lowest BCUT2D eigenvalue weighted by Gasteiger charge is -2.18. The van der Waals surface area contributed by atoms with Crippen molar-refractivity contribution in [3.05, 3.63) is 35.4 Å². The molecular weight excluding hydrogens is 254 g/mol. The molecule has 0 radical (unpaired) electrons. The van der Waals surface area contributed by atoms with E-state index in [0.717, 1.165) is 0 Å². The van der Waals surface area contributed by atoms with Gasteiger partial charge in [0.05, 0.1) is 18.3 Å². The van der Waals surface area contributed by atoms with Crippen LogP contribution < -0.4 is 0 Å². The lowest BCUT2D eigenvalue weighted by atomic mass is 10.1. The number of carbonyl (C=O) groups is 1. The number of ether oxygens (including phenoxy) is 1. The van der Waals surface area contributed by atoms with Crippen molar-refractivity contribution in [3.63, 3.8) is 0 Å². The number of rotatable bonds is 5. The number of hydrogen-bond acceptors (Lipinski definition) is 3. The van der Waals surface area contributed by atoms with Gasteiger partial charge in [0.1, 0.15) is 6.61 Å². The Bertz CT molecular complexity index is 500. The number of likely N-dealkylation sites (N-methyl/N-ethyl adjacent to an activating group) is 1. The predicted molar refractivity (Wildman–Crippen MR) is 78.5 cm³/mol. The second kappa shape index (κ2) is 8.36. The van der Waals surface area contributed by atoms with Gasteiger partial charge in [-0.05, 0) is 26.0 Å². The van der Waals surface area contributed by atoms with E-state index in [9.17, 15) is 4.79 Å². The van der Waals surface area contributed by atoms with E-state index in [-0.39, 0.29) is 18.6 Å². The van der Waals surface area contributed by atoms with E-state index < -0.39 is 0 Å². The fourth-order valence-corrected chi connectivity index (χ4v) is 1.65. The van der Waals surface area contributed by atoms with Gasteiger partial charge in [0.25, 0.3) is 5.91 Å². The third-order valence-electron chi connectivity index (χ3n) is 2.68. The molecule has 0 unspecified atom stereocenters. The fourth-order valence-electron chi connectivity index (χ4n) is 1.65. The first-order chi connectivity index (χ1) is 9.56. The van der Waals surface area contributed by atoms with Crippen LogP contribution in [0.4, 0.5) is 0 Å². The number of hydrogen-bond donors (Lipinski definition) is 1. The third kappa shape index (κ3) is 5.04. The molecule has 1 amide bonds. The van der Waals surface area contributed by atoms with Crippen molar-refractivity contribution >= 4 is 5.91 Å². The van der Waals surface area contributed by atoms with Gasteiger partial charge < -0.3 is 14.7 Å². The number of nitrogens with zero attached hydrogens (tertiary/aromatic N) is 1. The Morgan fingerprint density at radius 1 is 1.40 bits per heavy atom. The molecule has 108 valence electrons. The van der Waals surface area contributed by atoms with E-state index in [2.05, 4.69) is 11.8 Å². The van der Waals surface area contributed by atoms with E-state index in [1.807, 2.05) is 19.9 Å². The van der Waals surface area contributed by atoms with Gasteiger partial charge in [-0.3, -0.25) is 4.79 Å². The zero-order valence-corrected chi connectivity index (χ0v) is 12.2. The molecule has 0 aliphatic carbocycles. The van der Waals surface area contributed by atoms with Crippen LogP contribution in [0, 0.1) is 11.8 Å². The zero-order chi connectivity index (χ0) is 15.0. The molecule has 1 aromatic carbocycles. The monoisotopic (exact) mass is 275 g/mol. The summed E-state index contributed by atoms with van der Waals surface area (Å²) in [6.07, 6.45) is 0.154. The molecule has 0 aliphatic rings. The van der Waals surface area contributed by atoms with Crippen molar-refractivity contribution in [2.45, 2.75) is 20.0 Å². The zero-order valence-electron chi connectivity index (χ0n) is 12.2. The van der Waals surface area contributed by atoms with Crippen LogP contribution in [0.5, 0.6) is 0 Å². The number of aliphatic hydroxyl groups excluding tert-OH is 1. The normalized spacial score (nSPS) is 10.1. The molecule has 0 atom stereocenters. The summed E-state index contributed by atoms with van der Waals surface area (Å²) in [5, 5.41) is 8.75. The van der Waals surface area contributed by atoms with Gasteiger partial charge >= 0.3 is 0 Å². The lowest BCUT2D eigenvalue weighted by molar-refractivity contribution is 0.0532. The largest absolute Gasteiger partial charge is 0.384 e. The molecule has 0 heterocycles. The maximum absolute atomic E-state index is 12.3. The highest BCUT2D eigenvalue weighted by Gasteiger charge is 2.14. The van der Waals surface area contributed by atoms with E-state index in [0.29, 0.717) is 24.3 Å². The number of amides is 1. The Morgan fingerprint density at radius 3 is 2.75 bits per heavy atom. The molecule has 1 N–H and O–H groups in total. The molecule has 0 aliphatic heterocycles. The number of carbonyl (C=O) groups excluding carboxylic acids is 1. The Hall–Kier alpha value is -1.83. The Morgan fingerprint density at radius 2 is 2.10 bits per heavy atom. The molecule has 0 saturated carbocycles. The number of benzene rings is 1. The molecule has 4 heteroatoms. The van der Waals surface area contributed by atoms with E-state index in [1.165, 1.54) is 0 Å². The van der Waals surface area contributed by atoms with Crippen LogP contribution in [0.2, 0.25) is 0 Å². The lowest BCUT2D eigenvalue weighted by Crippen LogP contribution is -2.31. The minimum atomic E-state index is -0.222. The van der Waals surface area contributed by atoms with Crippen molar-refractivity contribution in [2.75, 3.05) is 26.8 Å². The van der Waals surface area contributed by atoms with Crippen LogP contribution in [-0.2, 0) is 4.74 Å². The molecule has 0 saturated heterocycles. The standard InChI is InChI=1S/C16H21NO3/c1-13(2)20-12-10-17(3)16(19)15-9-5-4-7-14(15)8-6-11-18/h4-5,7,9,13,18H,10-12H2,1-3H3. The molecule has 20 heavy (non-hydrogen) atoms. The van der Waals surface area contributed by atoms with Crippen LogP contribution in [0.3, 0.4) is 0 Å². The molecule has 0 aromatic heterocycles. The predicted octanol–water partition coefficient (Wildman–Crippen LogP) is 1.53. The molecular formula is C16H21NO3. The Labute approximate surface area is 120 Å². The summed E-state index contributed by atoms with van der Waals surface area (Å²) < 4.78 is 5.44. The van der Waals surface area contributed by atoms with Gasteiger partial charge in [0, 0.05) is 19.2 Å². The van der Waals surface area contributed by atoms with Crippen LogP contribution in [0.25, 0.3) is 0 Å². The van der Waals surface area contributed by atoms with Gasteiger partial charge in [-0.25, -0.2) is 0 Å². The average Bonchev–Trinajstić information content (AvgIpc) is 2.44. The van der Waals surface area contributed by atoms with Crippen molar-refractivity contribution in [1.29, 1.82) is 0 Å². The second-order valence-corrected chi connectivity index (χ2v) is 4.65. The first-order valence-corrected chi connectivity index (χ1v) is 6.62. The summed E-state index contributed by atoms with van der Waals surface area (Å²) in [6, 6.07) is 7.13. The minimum Gasteiger partial charge on any atom is -0.384 e. The summed E-state index contributed by atoms with van der Waals surface area (Å²) in [6.45, 7) is 4.73. The number of aliphatic hydroxyl groups is 1. The quantitative estimate of drug-likeness (QED) is 0.829. The van der Waals surface area contributed by atoms with E-state index in [1.54, 1.807) is 30.1 Å². The third-order valence-corrected chi connectivity index (χ3v) is 2.68. The van der Waals surface area contributed by atoms with Crippen LogP contribution in [0.15, 0.2) is 24.3 Å². The molecule has 1 aromatic rings. The molecule has 0 spiro atoms. The summed E-state index contributed by atoms with van der Waals surface area (Å²) in [5.74, 6) is 5.26. The van der Waals surface area contributed by atoms with Crippen LogP contribution >= 0.6 is 0 Å². The second-order valence-electron chi connectivity index (χ2n) is 4.65. The van der Waals surface area contributed by atoms with Crippen molar-refractivity contribution < 1.29 is 14.6 Å². The van der Waals surface area contributed by atoms with Gasteiger partial charge in [-0.1, -0.05) is 24.0 Å². The van der Waals surface area contributed by atoms with Gasteiger partial charge in [0.15, 0.2) is 0 Å². The highest BCUT2D eigenvalue weighted by atomic mass is 16.5. The SMILES string of the molecule is CC(C)OCCN(C)C(=O)c1ccccc1C#CCO. The fraction of sp³-hybridized carbons (Fsp3) is 0.438. The maximum atomic E-state index is 12.3. The highest BCUT2D eigenvalue weighted by Crippen LogP contribution is 2.10. The minimum absolute atomic E-state index is 0.0970. The summed E-state index contributed by atoms with van der Waals surface area (Å²) >= 11 is 0. The average molecular weight is 275 g/mol. The van der Waals surface area contributed by atoms with Gasteiger partial charge in [-0.2, -0.15) is 0 Å². The highest BCUT2D eigenvalue weighted by molar-refractivity contribution is 5.96. The molecule has 1 rings (SSSR count). The molecule has 0 bridgehead atoms. The van der Waals surface area contributed by atoms with Gasteiger partial charge in [-0.15, -0.1) is 0 Å². The van der Waals surface area contributed by atoms with E-state index >= 15 is 0 Å². The Balaban J connectivity index is 2.76. The first-order valence-electron chi connectivity index (χ1n) is 6.62. The van der Waals surface area contributed by atoms with Crippen LogP contribution in [-0.4, -0.2) is 48.8 Å². The first kappa shape index (κ1) is 16.2. The van der Waals surface area contributed by atoms with Crippen LogP contribution in [0.1, 0.15) is 29.8 Å². The van der Waals surface area contributed by atoms with Crippen molar-refractivity contribution in [1.82, 2.24) is 4.90 Å². The van der Waals surface area contributed by atoms with Crippen molar-refractivity contribution in [3.8, 4) is 11.8 Å².